The number of amides is 1. The van der Waals surface area contributed by atoms with Gasteiger partial charge >= 0.3 is 0 Å². The molecule has 0 bridgehead atoms. The highest BCUT2D eigenvalue weighted by Crippen LogP contribution is 2.20. The van der Waals surface area contributed by atoms with Gasteiger partial charge in [0.2, 0.25) is 0 Å². The van der Waals surface area contributed by atoms with Crippen molar-refractivity contribution in [3.8, 4) is 5.75 Å². The van der Waals surface area contributed by atoms with Gasteiger partial charge in [-0.25, -0.2) is 0 Å². The fraction of sp³-hybridized carbons (Fsp3) is 0.400. The second-order valence-corrected chi connectivity index (χ2v) is 4.82. The second kappa shape index (κ2) is 5.89. The Morgan fingerprint density at radius 1 is 1.47 bits per heavy atom. The summed E-state index contributed by atoms with van der Waals surface area (Å²) in [4.78, 5) is 12.2. The number of aryl methyl sites for hydroxylation is 1. The monoisotopic (exact) mass is 261 g/mol. The second-order valence-electron chi connectivity index (χ2n) is 4.82. The van der Waals surface area contributed by atoms with Gasteiger partial charge in [0.05, 0.1) is 7.11 Å². The zero-order valence-electron chi connectivity index (χ0n) is 11.2. The van der Waals surface area contributed by atoms with E-state index in [9.17, 15) is 4.79 Å². The summed E-state index contributed by atoms with van der Waals surface area (Å²) in [6.07, 6.45) is 4.65. The molecule has 1 amide bonds. The van der Waals surface area contributed by atoms with Crippen LogP contribution in [0.1, 0.15) is 22.3 Å². The lowest BCUT2D eigenvalue weighted by molar-refractivity contribution is 0.0940. The van der Waals surface area contributed by atoms with Crippen molar-refractivity contribution in [3.05, 3.63) is 41.5 Å². The summed E-state index contributed by atoms with van der Waals surface area (Å²) < 4.78 is 5.12. The number of benzene rings is 1. The van der Waals surface area contributed by atoms with Crippen molar-refractivity contribution in [1.29, 1.82) is 0 Å². The molecule has 2 N–H and O–H groups in total. The van der Waals surface area contributed by atoms with Gasteiger partial charge in [0, 0.05) is 24.1 Å². The molecule has 19 heavy (non-hydrogen) atoms. The number of carbonyl (C=O) groups is 1. The molecule has 0 saturated heterocycles. The van der Waals surface area contributed by atoms with Crippen LogP contribution in [0, 0.1) is 12.8 Å². The molecule has 0 aliphatic heterocycles. The normalized spacial score (nSPS) is 21.4. The van der Waals surface area contributed by atoms with Gasteiger partial charge < -0.3 is 15.2 Å². The highest BCUT2D eigenvalue weighted by molar-refractivity contribution is 5.96. The van der Waals surface area contributed by atoms with Crippen LogP contribution >= 0.6 is 0 Å². The average molecular weight is 261 g/mol. The van der Waals surface area contributed by atoms with Crippen molar-refractivity contribution in [1.82, 2.24) is 5.32 Å². The molecular weight excluding hydrogens is 242 g/mol. The Bertz CT molecular complexity index is 496. The summed E-state index contributed by atoms with van der Waals surface area (Å²) in [5, 5.41) is 12.0. The van der Waals surface area contributed by atoms with Crippen molar-refractivity contribution < 1.29 is 14.6 Å². The van der Waals surface area contributed by atoms with E-state index < -0.39 is 0 Å². The Morgan fingerprint density at radius 2 is 2.26 bits per heavy atom. The Labute approximate surface area is 113 Å². The Morgan fingerprint density at radius 3 is 2.84 bits per heavy atom. The van der Waals surface area contributed by atoms with Gasteiger partial charge in [-0.1, -0.05) is 12.2 Å². The van der Waals surface area contributed by atoms with Gasteiger partial charge in [-0.2, -0.15) is 0 Å². The lowest BCUT2D eigenvalue weighted by atomic mass is 10.1. The summed E-state index contributed by atoms with van der Waals surface area (Å²) in [7, 11) is 1.60. The van der Waals surface area contributed by atoms with Crippen LogP contribution < -0.4 is 10.1 Å². The SMILES string of the molecule is COc1ccc(C(=O)N[C@@H]2C=C[C@H](CO)C2)c(C)c1. The Hall–Kier alpha value is -1.81. The van der Waals surface area contributed by atoms with Crippen LogP contribution in [0.3, 0.4) is 0 Å². The van der Waals surface area contributed by atoms with Gasteiger partial charge in [-0.3, -0.25) is 4.79 Å². The molecule has 1 aliphatic rings. The molecular formula is C15H19NO3. The molecule has 1 aromatic carbocycles. The number of nitrogens with one attached hydrogen (secondary N) is 1. The molecule has 0 fully saturated rings. The van der Waals surface area contributed by atoms with Crippen LogP contribution in [0.25, 0.3) is 0 Å². The first-order valence-electron chi connectivity index (χ1n) is 6.38. The third-order valence-corrected chi connectivity index (χ3v) is 3.40. The van der Waals surface area contributed by atoms with Gasteiger partial charge in [0.15, 0.2) is 0 Å². The van der Waals surface area contributed by atoms with Gasteiger partial charge in [0.25, 0.3) is 5.91 Å². The van der Waals surface area contributed by atoms with Crippen molar-refractivity contribution in [3.63, 3.8) is 0 Å². The maximum atomic E-state index is 12.2. The van der Waals surface area contributed by atoms with Crippen LogP contribution in [0.2, 0.25) is 0 Å². The highest BCUT2D eigenvalue weighted by Gasteiger charge is 2.20. The largest absolute Gasteiger partial charge is 0.497 e. The van der Waals surface area contributed by atoms with E-state index in [1.165, 1.54) is 0 Å². The maximum Gasteiger partial charge on any atom is 0.252 e. The van der Waals surface area contributed by atoms with Crippen LogP contribution in [-0.2, 0) is 0 Å². The van der Waals surface area contributed by atoms with Gasteiger partial charge in [-0.15, -0.1) is 0 Å². The third-order valence-electron chi connectivity index (χ3n) is 3.40. The van der Waals surface area contributed by atoms with E-state index in [-0.39, 0.29) is 24.5 Å². The smallest absolute Gasteiger partial charge is 0.252 e. The fourth-order valence-electron chi connectivity index (χ4n) is 2.28. The van der Waals surface area contributed by atoms with E-state index in [1.807, 2.05) is 25.1 Å². The molecule has 0 saturated carbocycles. The van der Waals surface area contributed by atoms with Crippen molar-refractivity contribution in [2.24, 2.45) is 5.92 Å². The first-order chi connectivity index (χ1) is 9.13. The summed E-state index contributed by atoms with van der Waals surface area (Å²) in [6, 6.07) is 5.40. The molecule has 4 heteroatoms. The summed E-state index contributed by atoms with van der Waals surface area (Å²) in [5.41, 5.74) is 1.54. The van der Waals surface area contributed by atoms with Crippen LogP contribution in [0.15, 0.2) is 30.4 Å². The Kier molecular flexibility index (Phi) is 4.22. The molecule has 0 spiro atoms. The molecule has 0 heterocycles. The maximum absolute atomic E-state index is 12.2. The van der Waals surface area contributed by atoms with Crippen LogP contribution in [0.5, 0.6) is 5.75 Å². The lowest BCUT2D eigenvalue weighted by Crippen LogP contribution is -2.33. The summed E-state index contributed by atoms with van der Waals surface area (Å²) in [5.74, 6) is 0.811. The molecule has 0 aromatic heterocycles. The first-order valence-corrected chi connectivity index (χ1v) is 6.38. The van der Waals surface area contributed by atoms with Crippen molar-refractivity contribution in [2.45, 2.75) is 19.4 Å². The minimum Gasteiger partial charge on any atom is -0.497 e. The average Bonchev–Trinajstić information content (AvgIpc) is 2.86. The van der Waals surface area contributed by atoms with E-state index >= 15 is 0 Å². The number of aliphatic hydroxyl groups is 1. The zero-order chi connectivity index (χ0) is 13.8. The molecule has 2 atom stereocenters. The van der Waals surface area contributed by atoms with E-state index in [0.29, 0.717) is 5.56 Å². The number of methoxy groups -OCH3 is 1. The van der Waals surface area contributed by atoms with Gasteiger partial charge in [-0.05, 0) is 37.1 Å². The standard InChI is InChI=1S/C15H19NO3/c1-10-7-13(19-2)5-6-14(10)15(18)16-12-4-3-11(8-12)9-17/h3-7,11-12,17H,8-9H2,1-2H3,(H,16,18)/t11-,12+/m0/s1. The molecule has 1 aromatic rings. The predicted octanol–water partition coefficient (Wildman–Crippen LogP) is 1.67. The number of rotatable bonds is 4. The molecule has 0 unspecified atom stereocenters. The quantitative estimate of drug-likeness (QED) is 0.811. The minimum absolute atomic E-state index is 0.00570. The number of ether oxygens (including phenoxy) is 1. The first kappa shape index (κ1) is 13.6. The number of aliphatic hydroxyl groups excluding tert-OH is 1. The van der Waals surface area contributed by atoms with Crippen LogP contribution in [-0.4, -0.2) is 30.8 Å². The molecule has 2 rings (SSSR count). The zero-order valence-corrected chi connectivity index (χ0v) is 11.2. The van der Waals surface area contributed by atoms with Gasteiger partial charge in [0.1, 0.15) is 5.75 Å². The molecule has 1 aliphatic carbocycles. The third kappa shape index (κ3) is 3.15. The van der Waals surface area contributed by atoms with E-state index in [0.717, 1.165) is 17.7 Å². The van der Waals surface area contributed by atoms with E-state index in [4.69, 9.17) is 9.84 Å². The minimum atomic E-state index is -0.0895. The lowest BCUT2D eigenvalue weighted by Gasteiger charge is -2.14. The van der Waals surface area contributed by atoms with Crippen LogP contribution in [0.4, 0.5) is 0 Å². The van der Waals surface area contributed by atoms with Crippen molar-refractivity contribution in [2.75, 3.05) is 13.7 Å². The topological polar surface area (TPSA) is 58.6 Å². The van der Waals surface area contributed by atoms with E-state index in [2.05, 4.69) is 5.32 Å². The summed E-state index contributed by atoms with van der Waals surface area (Å²) >= 11 is 0. The van der Waals surface area contributed by atoms with E-state index in [1.54, 1.807) is 19.2 Å². The predicted molar refractivity (Wildman–Crippen MR) is 73.3 cm³/mol. The molecule has 102 valence electrons. The number of carbonyl (C=O) groups excluding carboxylic acids is 1. The highest BCUT2D eigenvalue weighted by atomic mass is 16.5. The number of hydrogen-bond donors (Lipinski definition) is 2. The fourth-order valence-corrected chi connectivity index (χ4v) is 2.28. The molecule has 0 radical (unpaired) electrons. The number of hydrogen-bond acceptors (Lipinski definition) is 3. The molecule has 4 nitrogen and oxygen atoms in total. The van der Waals surface area contributed by atoms with Crippen molar-refractivity contribution >= 4 is 5.91 Å². The summed E-state index contributed by atoms with van der Waals surface area (Å²) in [6.45, 7) is 2.02. The Balaban J connectivity index is 2.03.